The zero-order valence-corrected chi connectivity index (χ0v) is 9.11. The molecule has 0 spiro atoms. The molecule has 2 rings (SSSR count). The predicted molar refractivity (Wildman–Crippen MR) is 59.2 cm³/mol. The van der Waals surface area contributed by atoms with Crippen molar-refractivity contribution in [1.82, 2.24) is 19.7 Å². The number of hydrogen-bond acceptors (Lipinski definition) is 5. The van der Waals surface area contributed by atoms with Crippen LogP contribution in [0.25, 0.3) is 0 Å². The molecule has 0 amide bonds. The molecule has 78 valence electrons. The van der Waals surface area contributed by atoms with Gasteiger partial charge < -0.3 is 10.3 Å². The number of anilines is 1. The van der Waals surface area contributed by atoms with E-state index in [1.807, 2.05) is 17.7 Å². The van der Waals surface area contributed by atoms with Crippen LogP contribution in [0.15, 0.2) is 29.8 Å². The molecule has 5 nitrogen and oxygen atoms in total. The van der Waals surface area contributed by atoms with Gasteiger partial charge in [0.1, 0.15) is 6.33 Å². The van der Waals surface area contributed by atoms with Gasteiger partial charge in [-0.05, 0) is 12.1 Å². The Morgan fingerprint density at radius 2 is 2.40 bits per heavy atom. The normalized spacial score (nSPS) is 10.5. The van der Waals surface area contributed by atoms with Crippen molar-refractivity contribution in [1.29, 1.82) is 0 Å². The fourth-order valence-electron chi connectivity index (χ4n) is 1.12. The average molecular weight is 221 g/mol. The topological polar surface area (TPSA) is 69.6 Å². The zero-order valence-electron chi connectivity index (χ0n) is 8.29. The van der Waals surface area contributed by atoms with Gasteiger partial charge in [-0.15, -0.1) is 10.2 Å². The first-order valence-corrected chi connectivity index (χ1v) is 5.41. The summed E-state index contributed by atoms with van der Waals surface area (Å²) >= 11 is 1.59. The molecule has 0 radical (unpaired) electrons. The second-order valence-corrected chi connectivity index (χ2v) is 4.04. The molecule has 0 aliphatic heterocycles. The van der Waals surface area contributed by atoms with Crippen LogP contribution >= 0.6 is 11.8 Å². The van der Waals surface area contributed by atoms with Crippen LogP contribution in [0.1, 0.15) is 5.69 Å². The number of aryl methyl sites for hydroxylation is 1. The van der Waals surface area contributed by atoms with E-state index in [-0.39, 0.29) is 0 Å². The minimum absolute atomic E-state index is 0.735. The second-order valence-electron chi connectivity index (χ2n) is 3.09. The third-order valence-electron chi connectivity index (χ3n) is 1.86. The van der Waals surface area contributed by atoms with Gasteiger partial charge in [-0.2, -0.15) is 0 Å². The first kappa shape index (κ1) is 9.97. The summed E-state index contributed by atoms with van der Waals surface area (Å²) in [4.78, 5) is 4.21. The van der Waals surface area contributed by atoms with Crippen molar-refractivity contribution in [3.8, 4) is 0 Å². The van der Waals surface area contributed by atoms with E-state index in [0.29, 0.717) is 0 Å². The maximum absolute atomic E-state index is 5.66. The summed E-state index contributed by atoms with van der Waals surface area (Å²) in [5, 5.41) is 8.64. The van der Waals surface area contributed by atoms with Crippen molar-refractivity contribution in [2.45, 2.75) is 10.9 Å². The first-order valence-electron chi connectivity index (χ1n) is 4.43. The average Bonchev–Trinajstić information content (AvgIpc) is 2.61. The van der Waals surface area contributed by atoms with Crippen molar-refractivity contribution in [2.24, 2.45) is 7.05 Å². The molecule has 0 aliphatic carbocycles. The highest BCUT2D eigenvalue weighted by molar-refractivity contribution is 7.98. The van der Waals surface area contributed by atoms with Gasteiger partial charge in [-0.3, -0.25) is 4.98 Å². The standard InChI is InChI=1S/C9H11N5S/c1-14-6-12-13-9(14)15-5-8-4-7(10)2-3-11-8/h2-4,6H,5H2,1H3,(H2,10,11). The van der Waals surface area contributed by atoms with Crippen LogP contribution in [0.4, 0.5) is 5.69 Å². The van der Waals surface area contributed by atoms with E-state index >= 15 is 0 Å². The van der Waals surface area contributed by atoms with Crippen molar-refractivity contribution < 1.29 is 0 Å². The first-order chi connectivity index (χ1) is 7.25. The summed E-state index contributed by atoms with van der Waals surface area (Å²) in [5.74, 6) is 0.748. The molecule has 2 aromatic heterocycles. The molecule has 0 atom stereocenters. The smallest absolute Gasteiger partial charge is 0.191 e. The number of rotatable bonds is 3. The van der Waals surface area contributed by atoms with Crippen LogP contribution in [0.2, 0.25) is 0 Å². The number of nitrogen functional groups attached to an aromatic ring is 1. The van der Waals surface area contributed by atoms with E-state index in [1.165, 1.54) is 0 Å². The molecule has 0 aromatic carbocycles. The molecule has 0 aliphatic rings. The molecular weight excluding hydrogens is 210 g/mol. The monoisotopic (exact) mass is 221 g/mol. The number of nitrogens with two attached hydrogens (primary N) is 1. The van der Waals surface area contributed by atoms with E-state index in [2.05, 4.69) is 15.2 Å². The van der Waals surface area contributed by atoms with Crippen LogP contribution in [-0.4, -0.2) is 19.7 Å². The van der Waals surface area contributed by atoms with Gasteiger partial charge in [0.05, 0.1) is 5.69 Å². The van der Waals surface area contributed by atoms with Crippen LogP contribution in [0.3, 0.4) is 0 Å². The molecule has 0 saturated carbocycles. The molecule has 2 aromatic rings. The Kier molecular flexibility index (Phi) is 2.86. The zero-order chi connectivity index (χ0) is 10.7. The Hall–Kier alpha value is -1.56. The summed E-state index contributed by atoms with van der Waals surface area (Å²) in [6.07, 6.45) is 3.39. The lowest BCUT2D eigenvalue weighted by Gasteiger charge is -2.00. The van der Waals surface area contributed by atoms with Gasteiger partial charge in [0.15, 0.2) is 5.16 Å². The van der Waals surface area contributed by atoms with Crippen molar-refractivity contribution in [2.75, 3.05) is 5.73 Å². The van der Waals surface area contributed by atoms with Crippen molar-refractivity contribution >= 4 is 17.4 Å². The van der Waals surface area contributed by atoms with Crippen LogP contribution in [0, 0.1) is 0 Å². The lowest BCUT2D eigenvalue weighted by Crippen LogP contribution is -1.93. The van der Waals surface area contributed by atoms with E-state index in [0.717, 1.165) is 22.3 Å². The summed E-state index contributed by atoms with van der Waals surface area (Å²) in [6, 6.07) is 3.64. The van der Waals surface area contributed by atoms with E-state index < -0.39 is 0 Å². The number of thioether (sulfide) groups is 1. The van der Waals surface area contributed by atoms with Gasteiger partial charge >= 0.3 is 0 Å². The summed E-state index contributed by atoms with van der Waals surface area (Å²) < 4.78 is 1.87. The molecule has 0 bridgehead atoms. The van der Waals surface area contributed by atoms with Gasteiger partial charge in [-0.25, -0.2) is 0 Å². The van der Waals surface area contributed by atoms with Crippen molar-refractivity contribution in [3.63, 3.8) is 0 Å². The lowest BCUT2D eigenvalue weighted by molar-refractivity contribution is 0.788. The Balaban J connectivity index is 2.02. The Morgan fingerprint density at radius 1 is 1.53 bits per heavy atom. The highest BCUT2D eigenvalue weighted by Crippen LogP contribution is 2.19. The van der Waals surface area contributed by atoms with E-state index in [4.69, 9.17) is 5.73 Å². The summed E-state index contributed by atoms with van der Waals surface area (Å²) in [6.45, 7) is 0. The third kappa shape index (κ3) is 2.47. The third-order valence-corrected chi connectivity index (χ3v) is 2.93. The van der Waals surface area contributed by atoms with E-state index in [1.54, 1.807) is 30.4 Å². The van der Waals surface area contributed by atoms with Gasteiger partial charge in [0, 0.05) is 24.7 Å². The number of aromatic nitrogens is 4. The van der Waals surface area contributed by atoms with Crippen LogP contribution < -0.4 is 5.73 Å². The fourth-order valence-corrected chi connectivity index (χ4v) is 1.91. The van der Waals surface area contributed by atoms with Gasteiger partial charge in [0.25, 0.3) is 0 Å². The minimum Gasteiger partial charge on any atom is -0.399 e. The molecular formula is C9H11N5S. The minimum atomic E-state index is 0.735. The quantitative estimate of drug-likeness (QED) is 0.785. The molecule has 0 fully saturated rings. The highest BCUT2D eigenvalue weighted by atomic mass is 32.2. The molecule has 0 unspecified atom stereocenters. The van der Waals surface area contributed by atoms with E-state index in [9.17, 15) is 0 Å². The van der Waals surface area contributed by atoms with Gasteiger partial charge in [0.2, 0.25) is 0 Å². The Labute approximate surface area is 91.7 Å². The number of pyridine rings is 1. The molecule has 2 N–H and O–H groups in total. The van der Waals surface area contributed by atoms with Crippen LogP contribution in [-0.2, 0) is 12.8 Å². The summed E-state index contributed by atoms with van der Waals surface area (Å²) in [7, 11) is 1.91. The second kappa shape index (κ2) is 4.31. The SMILES string of the molecule is Cn1cnnc1SCc1cc(N)ccn1. The number of hydrogen-bond donors (Lipinski definition) is 1. The fraction of sp³-hybridized carbons (Fsp3) is 0.222. The lowest BCUT2D eigenvalue weighted by atomic mass is 10.3. The summed E-state index contributed by atoms with van der Waals surface area (Å²) in [5.41, 5.74) is 7.34. The predicted octanol–water partition coefficient (Wildman–Crippen LogP) is 1.08. The molecule has 2 heterocycles. The maximum Gasteiger partial charge on any atom is 0.191 e. The molecule has 15 heavy (non-hydrogen) atoms. The molecule has 6 heteroatoms. The maximum atomic E-state index is 5.66. The van der Waals surface area contributed by atoms with Gasteiger partial charge in [-0.1, -0.05) is 11.8 Å². The number of nitrogens with zero attached hydrogens (tertiary/aromatic N) is 4. The van der Waals surface area contributed by atoms with Crippen molar-refractivity contribution in [3.05, 3.63) is 30.4 Å². The Morgan fingerprint density at radius 3 is 3.07 bits per heavy atom. The highest BCUT2D eigenvalue weighted by Gasteiger charge is 2.02. The Bertz CT molecular complexity index is 453. The largest absolute Gasteiger partial charge is 0.399 e. The van der Waals surface area contributed by atoms with Crippen LogP contribution in [0.5, 0.6) is 0 Å². The molecule has 0 saturated heterocycles.